The first kappa shape index (κ1) is 15.7. The van der Waals surface area contributed by atoms with Crippen LogP contribution in [0.1, 0.15) is 11.1 Å². The van der Waals surface area contributed by atoms with Gasteiger partial charge in [-0.2, -0.15) is 0 Å². The van der Waals surface area contributed by atoms with E-state index >= 15 is 0 Å². The topological polar surface area (TPSA) is 30.5 Å². The number of nitrogens with zero attached hydrogens (tertiary/aromatic N) is 2. The standard InChI is InChI=1S/C21H22N4/c1-3-9-18(10-4-1)15-24(16-19-11-5-2-6-12-19)17-25-21-14-8-7-13-20(21)22-23-25/h1-14,22-23H,15-17H2. The van der Waals surface area contributed by atoms with E-state index in [0.717, 1.165) is 25.4 Å². The number of rotatable bonds is 6. The quantitative estimate of drug-likeness (QED) is 0.715. The normalized spacial score (nSPS) is 12.9. The third kappa shape index (κ3) is 3.82. The van der Waals surface area contributed by atoms with Gasteiger partial charge in [0.05, 0.1) is 18.0 Å². The number of hydrogen-bond donors (Lipinski definition) is 2. The van der Waals surface area contributed by atoms with Gasteiger partial charge in [-0.15, -0.1) is 5.53 Å². The van der Waals surface area contributed by atoms with Crippen molar-refractivity contribution in [3.05, 3.63) is 96.1 Å². The fraction of sp³-hybridized carbons (Fsp3) is 0.143. The van der Waals surface area contributed by atoms with Crippen LogP contribution in [-0.2, 0) is 13.1 Å². The first-order valence-electron chi connectivity index (χ1n) is 8.57. The maximum absolute atomic E-state index is 3.27. The van der Waals surface area contributed by atoms with Crippen LogP contribution in [0.4, 0.5) is 11.4 Å². The van der Waals surface area contributed by atoms with Crippen molar-refractivity contribution >= 4 is 11.4 Å². The van der Waals surface area contributed by atoms with Crippen molar-refractivity contribution in [2.24, 2.45) is 0 Å². The first-order valence-corrected chi connectivity index (χ1v) is 8.57. The van der Waals surface area contributed by atoms with Gasteiger partial charge in [0.25, 0.3) is 0 Å². The van der Waals surface area contributed by atoms with Gasteiger partial charge in [0, 0.05) is 13.1 Å². The molecule has 0 saturated carbocycles. The molecule has 0 aliphatic carbocycles. The van der Waals surface area contributed by atoms with E-state index in [1.807, 2.05) is 6.07 Å². The van der Waals surface area contributed by atoms with Crippen LogP contribution in [0.15, 0.2) is 84.9 Å². The van der Waals surface area contributed by atoms with Crippen LogP contribution in [0.3, 0.4) is 0 Å². The van der Waals surface area contributed by atoms with E-state index in [2.05, 4.69) is 99.7 Å². The van der Waals surface area contributed by atoms with Gasteiger partial charge < -0.3 is 5.43 Å². The summed E-state index contributed by atoms with van der Waals surface area (Å²) in [4.78, 5) is 2.43. The summed E-state index contributed by atoms with van der Waals surface area (Å²) < 4.78 is 0. The van der Waals surface area contributed by atoms with E-state index in [4.69, 9.17) is 0 Å². The molecular formula is C21H22N4. The maximum Gasteiger partial charge on any atom is 0.0888 e. The molecule has 2 N–H and O–H groups in total. The molecule has 4 rings (SSSR count). The molecule has 0 bridgehead atoms. The number of hydrogen-bond acceptors (Lipinski definition) is 4. The van der Waals surface area contributed by atoms with E-state index in [-0.39, 0.29) is 0 Å². The lowest BCUT2D eigenvalue weighted by atomic mass is 10.2. The van der Waals surface area contributed by atoms with Crippen LogP contribution >= 0.6 is 0 Å². The van der Waals surface area contributed by atoms with Gasteiger partial charge in [-0.05, 0) is 23.3 Å². The van der Waals surface area contributed by atoms with Crippen LogP contribution in [0.2, 0.25) is 0 Å². The minimum absolute atomic E-state index is 0.786. The summed E-state index contributed by atoms with van der Waals surface area (Å²) in [5, 5.41) is 2.15. The van der Waals surface area contributed by atoms with Crippen molar-refractivity contribution in [1.29, 1.82) is 0 Å². The number of anilines is 2. The van der Waals surface area contributed by atoms with Crippen molar-refractivity contribution in [2.45, 2.75) is 13.1 Å². The Morgan fingerprint density at radius 3 is 1.88 bits per heavy atom. The van der Waals surface area contributed by atoms with Crippen molar-refractivity contribution in [2.75, 3.05) is 17.1 Å². The zero-order valence-electron chi connectivity index (χ0n) is 14.1. The molecule has 0 atom stereocenters. The Balaban J connectivity index is 1.53. The first-order chi connectivity index (χ1) is 12.4. The summed E-state index contributed by atoms with van der Waals surface area (Å²) in [5.41, 5.74) is 11.4. The summed E-state index contributed by atoms with van der Waals surface area (Å²) in [6, 6.07) is 29.6. The summed E-state index contributed by atoms with van der Waals surface area (Å²) in [6.07, 6.45) is 0. The van der Waals surface area contributed by atoms with Gasteiger partial charge in [-0.3, -0.25) is 9.91 Å². The summed E-state index contributed by atoms with van der Waals surface area (Å²) in [6.45, 7) is 2.58. The Kier molecular flexibility index (Phi) is 4.63. The minimum Gasteiger partial charge on any atom is -0.302 e. The maximum atomic E-state index is 3.27. The van der Waals surface area contributed by atoms with Gasteiger partial charge in [-0.1, -0.05) is 72.8 Å². The number of benzene rings is 3. The van der Waals surface area contributed by atoms with Gasteiger partial charge in [-0.25, -0.2) is 0 Å². The van der Waals surface area contributed by atoms with Crippen LogP contribution < -0.4 is 16.0 Å². The summed E-state index contributed by atoms with van der Waals surface area (Å²) in [5.74, 6) is 0. The Labute approximate surface area is 148 Å². The third-order valence-corrected chi connectivity index (χ3v) is 4.36. The van der Waals surface area contributed by atoms with Crippen molar-refractivity contribution in [1.82, 2.24) is 10.4 Å². The lowest BCUT2D eigenvalue weighted by Crippen LogP contribution is -2.44. The lowest BCUT2D eigenvalue weighted by molar-refractivity contribution is 0.250. The smallest absolute Gasteiger partial charge is 0.0888 e. The molecule has 0 fully saturated rings. The van der Waals surface area contributed by atoms with Crippen LogP contribution in [0.25, 0.3) is 0 Å². The second kappa shape index (κ2) is 7.38. The molecular weight excluding hydrogens is 308 g/mol. The van der Waals surface area contributed by atoms with Crippen LogP contribution in [-0.4, -0.2) is 11.6 Å². The van der Waals surface area contributed by atoms with E-state index in [1.165, 1.54) is 16.8 Å². The number of hydrazine groups is 2. The highest BCUT2D eigenvalue weighted by atomic mass is 15.7. The minimum atomic E-state index is 0.786. The van der Waals surface area contributed by atoms with Crippen molar-refractivity contribution in [3.63, 3.8) is 0 Å². The Bertz CT molecular complexity index is 763. The van der Waals surface area contributed by atoms with E-state index in [9.17, 15) is 0 Å². The predicted molar refractivity (Wildman–Crippen MR) is 103 cm³/mol. The van der Waals surface area contributed by atoms with E-state index in [0.29, 0.717) is 0 Å². The van der Waals surface area contributed by atoms with Gasteiger partial charge >= 0.3 is 0 Å². The van der Waals surface area contributed by atoms with Crippen LogP contribution in [0.5, 0.6) is 0 Å². The van der Waals surface area contributed by atoms with Gasteiger partial charge in [0.15, 0.2) is 0 Å². The highest BCUT2D eigenvalue weighted by Crippen LogP contribution is 2.28. The second-order valence-electron chi connectivity index (χ2n) is 6.28. The molecule has 0 saturated heterocycles. The van der Waals surface area contributed by atoms with E-state index < -0.39 is 0 Å². The van der Waals surface area contributed by atoms with Crippen LogP contribution in [0, 0.1) is 0 Å². The molecule has 3 aromatic carbocycles. The fourth-order valence-corrected chi connectivity index (χ4v) is 3.15. The SMILES string of the molecule is c1ccc(CN(Cc2ccccc2)CN2NNc3ccccc32)cc1. The molecule has 0 radical (unpaired) electrons. The molecule has 0 spiro atoms. The Morgan fingerprint density at radius 1 is 0.680 bits per heavy atom. The molecule has 3 aromatic rings. The second-order valence-corrected chi connectivity index (χ2v) is 6.28. The number of fused-ring (bicyclic) bond motifs is 1. The summed E-state index contributed by atoms with van der Waals surface area (Å²) in [7, 11) is 0. The highest BCUT2D eigenvalue weighted by Gasteiger charge is 2.20. The molecule has 1 heterocycles. The van der Waals surface area contributed by atoms with Gasteiger partial charge in [0.1, 0.15) is 0 Å². The average Bonchev–Trinajstić information content (AvgIpc) is 3.06. The number of para-hydroxylation sites is 2. The lowest BCUT2D eigenvalue weighted by Gasteiger charge is -2.28. The number of nitrogens with one attached hydrogen (secondary N) is 2. The molecule has 126 valence electrons. The molecule has 1 aliphatic rings. The van der Waals surface area contributed by atoms with Crippen molar-refractivity contribution < 1.29 is 0 Å². The third-order valence-electron chi connectivity index (χ3n) is 4.36. The largest absolute Gasteiger partial charge is 0.302 e. The predicted octanol–water partition coefficient (Wildman–Crippen LogP) is 4.00. The zero-order chi connectivity index (χ0) is 16.9. The molecule has 0 unspecified atom stereocenters. The molecule has 0 aromatic heterocycles. The van der Waals surface area contributed by atoms with Gasteiger partial charge in [0.2, 0.25) is 0 Å². The molecule has 1 aliphatic heterocycles. The molecule has 4 nitrogen and oxygen atoms in total. The fourth-order valence-electron chi connectivity index (χ4n) is 3.15. The summed E-state index contributed by atoms with van der Waals surface area (Å²) >= 11 is 0. The molecule has 4 heteroatoms. The Morgan fingerprint density at radius 2 is 1.24 bits per heavy atom. The van der Waals surface area contributed by atoms with Crippen molar-refractivity contribution in [3.8, 4) is 0 Å². The molecule has 25 heavy (non-hydrogen) atoms. The molecule has 0 amide bonds. The van der Waals surface area contributed by atoms with E-state index in [1.54, 1.807) is 0 Å². The average molecular weight is 330 g/mol. The Hall–Kier alpha value is -2.82. The monoisotopic (exact) mass is 330 g/mol. The highest BCUT2D eigenvalue weighted by molar-refractivity contribution is 5.72. The zero-order valence-corrected chi connectivity index (χ0v) is 14.1.